The van der Waals surface area contributed by atoms with Crippen LogP contribution in [-0.4, -0.2) is 46.5 Å². The molecule has 25 heavy (non-hydrogen) atoms. The molecule has 3 rings (SSSR count). The van der Waals surface area contributed by atoms with E-state index in [0.29, 0.717) is 12.6 Å². The van der Waals surface area contributed by atoms with Gasteiger partial charge in [0, 0.05) is 37.7 Å². The summed E-state index contributed by atoms with van der Waals surface area (Å²) in [7, 11) is 1.87. The lowest BCUT2D eigenvalue weighted by Gasteiger charge is -2.36. The van der Waals surface area contributed by atoms with Crippen LogP contribution in [0, 0.1) is 6.92 Å². The molecule has 5 heteroatoms. The quantitative estimate of drug-likeness (QED) is 0.811. The molecule has 0 saturated carbocycles. The van der Waals surface area contributed by atoms with E-state index in [1.54, 1.807) is 4.90 Å². The first-order valence-electron chi connectivity index (χ1n) is 9.18. The van der Waals surface area contributed by atoms with E-state index in [2.05, 4.69) is 14.5 Å². The molecule has 1 aliphatic rings. The maximum atomic E-state index is 12.7. The number of likely N-dealkylation sites (tertiary alicyclic amines) is 1. The number of hydrogen-bond acceptors (Lipinski definition) is 3. The number of piperidine rings is 1. The Morgan fingerprint density at radius 1 is 1.28 bits per heavy atom. The summed E-state index contributed by atoms with van der Waals surface area (Å²) in [5.74, 6) is 1.22. The summed E-state index contributed by atoms with van der Waals surface area (Å²) in [5, 5.41) is 0. The minimum atomic E-state index is 0.164. The van der Waals surface area contributed by atoms with Crippen LogP contribution in [0.15, 0.2) is 42.7 Å². The van der Waals surface area contributed by atoms with Gasteiger partial charge in [-0.1, -0.05) is 24.6 Å². The van der Waals surface area contributed by atoms with E-state index in [4.69, 9.17) is 0 Å². The van der Waals surface area contributed by atoms with Gasteiger partial charge in [0.2, 0.25) is 5.91 Å². The van der Waals surface area contributed by atoms with Gasteiger partial charge in [-0.15, -0.1) is 0 Å². The summed E-state index contributed by atoms with van der Waals surface area (Å²) in [6.45, 7) is 4.52. The van der Waals surface area contributed by atoms with Crippen LogP contribution in [0.25, 0.3) is 0 Å². The number of aromatic nitrogens is 2. The third-order valence-corrected chi connectivity index (χ3v) is 5.23. The Balaban J connectivity index is 1.59. The number of aryl methyl sites for hydroxylation is 2. The van der Waals surface area contributed by atoms with Crippen molar-refractivity contribution < 1.29 is 4.79 Å². The third-order valence-electron chi connectivity index (χ3n) is 5.23. The molecule has 1 atom stereocenters. The van der Waals surface area contributed by atoms with Crippen LogP contribution >= 0.6 is 0 Å². The first kappa shape index (κ1) is 17.7. The molecule has 1 aromatic heterocycles. The van der Waals surface area contributed by atoms with Crippen molar-refractivity contribution in [3.63, 3.8) is 0 Å². The molecule has 0 N–H and O–H groups in total. The van der Waals surface area contributed by atoms with E-state index in [9.17, 15) is 4.79 Å². The number of nitrogens with zero attached hydrogens (tertiary/aromatic N) is 4. The van der Waals surface area contributed by atoms with Crippen LogP contribution in [0.5, 0.6) is 0 Å². The molecule has 2 aromatic rings. The SMILES string of the molecule is Cc1nccn1CCC1CCCCN1CC(=O)N(C)c1ccccc1. The van der Waals surface area contributed by atoms with Gasteiger partial charge in [0.25, 0.3) is 0 Å². The molecule has 1 aliphatic heterocycles. The maximum absolute atomic E-state index is 12.7. The average Bonchev–Trinajstić information content (AvgIpc) is 3.06. The van der Waals surface area contributed by atoms with E-state index < -0.39 is 0 Å². The van der Waals surface area contributed by atoms with Gasteiger partial charge in [-0.25, -0.2) is 4.98 Å². The molecule has 1 saturated heterocycles. The van der Waals surface area contributed by atoms with Crippen molar-refractivity contribution in [2.45, 2.75) is 45.2 Å². The van der Waals surface area contributed by atoms with E-state index in [1.807, 2.05) is 56.7 Å². The number of rotatable bonds is 6. The molecular formula is C20H28N4O. The minimum Gasteiger partial charge on any atom is -0.335 e. The van der Waals surface area contributed by atoms with Gasteiger partial charge in [0.15, 0.2) is 0 Å². The van der Waals surface area contributed by atoms with E-state index in [1.165, 1.54) is 19.3 Å². The third kappa shape index (κ3) is 4.48. The number of amides is 1. The molecule has 1 amide bonds. The van der Waals surface area contributed by atoms with Crippen molar-refractivity contribution in [3.05, 3.63) is 48.5 Å². The van der Waals surface area contributed by atoms with Crippen molar-refractivity contribution in [3.8, 4) is 0 Å². The Morgan fingerprint density at radius 2 is 2.08 bits per heavy atom. The lowest BCUT2D eigenvalue weighted by atomic mass is 9.99. The summed E-state index contributed by atoms with van der Waals surface area (Å²) in [4.78, 5) is 21.1. The highest BCUT2D eigenvalue weighted by molar-refractivity contribution is 5.94. The predicted molar refractivity (Wildman–Crippen MR) is 101 cm³/mol. The topological polar surface area (TPSA) is 41.4 Å². The second kappa shape index (κ2) is 8.30. The Morgan fingerprint density at radius 3 is 2.80 bits per heavy atom. The first-order valence-corrected chi connectivity index (χ1v) is 9.18. The fourth-order valence-corrected chi connectivity index (χ4v) is 3.60. The van der Waals surface area contributed by atoms with Crippen LogP contribution in [-0.2, 0) is 11.3 Å². The van der Waals surface area contributed by atoms with Gasteiger partial charge >= 0.3 is 0 Å². The molecule has 2 heterocycles. The van der Waals surface area contributed by atoms with Gasteiger partial charge in [0.05, 0.1) is 6.54 Å². The summed E-state index contributed by atoms with van der Waals surface area (Å²) < 4.78 is 2.20. The van der Waals surface area contributed by atoms with Crippen molar-refractivity contribution in [2.75, 3.05) is 25.0 Å². The lowest BCUT2D eigenvalue weighted by Crippen LogP contribution is -2.46. The Labute approximate surface area is 150 Å². The zero-order valence-corrected chi connectivity index (χ0v) is 15.3. The summed E-state index contributed by atoms with van der Waals surface area (Å²) in [5.41, 5.74) is 0.954. The smallest absolute Gasteiger partial charge is 0.240 e. The fourth-order valence-electron chi connectivity index (χ4n) is 3.60. The number of carbonyl (C=O) groups excluding carboxylic acids is 1. The number of benzene rings is 1. The number of hydrogen-bond donors (Lipinski definition) is 0. The number of carbonyl (C=O) groups is 1. The van der Waals surface area contributed by atoms with Crippen LogP contribution in [0.4, 0.5) is 5.69 Å². The summed E-state index contributed by atoms with van der Waals surface area (Å²) in [6.07, 6.45) is 8.58. The lowest BCUT2D eigenvalue weighted by molar-refractivity contribution is -0.120. The Kier molecular flexibility index (Phi) is 5.87. The fraction of sp³-hybridized carbons (Fsp3) is 0.500. The van der Waals surface area contributed by atoms with Crippen molar-refractivity contribution in [2.24, 2.45) is 0 Å². The Hall–Kier alpha value is -2.14. The van der Waals surface area contributed by atoms with Crippen LogP contribution in [0.3, 0.4) is 0 Å². The van der Waals surface area contributed by atoms with E-state index >= 15 is 0 Å². The average molecular weight is 340 g/mol. The van der Waals surface area contributed by atoms with Gasteiger partial charge in [0.1, 0.15) is 5.82 Å². The molecule has 0 spiro atoms. The largest absolute Gasteiger partial charge is 0.335 e. The van der Waals surface area contributed by atoms with E-state index in [-0.39, 0.29) is 5.91 Å². The normalized spacial score (nSPS) is 18.2. The highest BCUT2D eigenvalue weighted by Crippen LogP contribution is 2.21. The minimum absolute atomic E-state index is 0.164. The zero-order valence-electron chi connectivity index (χ0n) is 15.3. The first-order chi connectivity index (χ1) is 12.1. The summed E-state index contributed by atoms with van der Waals surface area (Å²) >= 11 is 0. The van der Waals surface area contributed by atoms with Crippen LogP contribution in [0.1, 0.15) is 31.5 Å². The van der Waals surface area contributed by atoms with Crippen LogP contribution in [0.2, 0.25) is 0 Å². The molecule has 134 valence electrons. The zero-order chi connectivity index (χ0) is 17.6. The van der Waals surface area contributed by atoms with E-state index in [0.717, 1.165) is 31.0 Å². The molecular weight excluding hydrogens is 312 g/mol. The molecule has 1 aromatic carbocycles. The second-order valence-electron chi connectivity index (χ2n) is 6.86. The number of likely N-dealkylation sites (N-methyl/N-ethyl adjacent to an activating group) is 1. The molecule has 1 fully saturated rings. The van der Waals surface area contributed by atoms with Crippen LogP contribution < -0.4 is 4.90 Å². The van der Waals surface area contributed by atoms with Gasteiger partial charge in [-0.2, -0.15) is 0 Å². The molecule has 5 nitrogen and oxygen atoms in total. The molecule has 1 unspecified atom stereocenters. The van der Waals surface area contributed by atoms with Gasteiger partial charge in [-0.3, -0.25) is 9.69 Å². The number of imidazole rings is 1. The Bertz CT molecular complexity index is 682. The number of para-hydroxylation sites is 1. The highest BCUT2D eigenvalue weighted by Gasteiger charge is 2.25. The van der Waals surface area contributed by atoms with Crippen molar-refractivity contribution in [1.82, 2.24) is 14.5 Å². The second-order valence-corrected chi connectivity index (χ2v) is 6.86. The molecule has 0 bridgehead atoms. The predicted octanol–water partition coefficient (Wildman–Crippen LogP) is 3.10. The standard InChI is InChI=1S/C20H28N4O/c1-17-21-12-15-23(17)14-11-19-10-6-7-13-24(19)16-20(25)22(2)18-8-4-3-5-9-18/h3-5,8-9,12,15,19H,6-7,10-11,13-14,16H2,1-2H3. The van der Waals surface area contributed by atoms with Gasteiger partial charge < -0.3 is 9.47 Å². The van der Waals surface area contributed by atoms with Crippen molar-refractivity contribution in [1.29, 1.82) is 0 Å². The summed E-state index contributed by atoms with van der Waals surface area (Å²) in [6, 6.07) is 10.3. The van der Waals surface area contributed by atoms with Crippen molar-refractivity contribution >= 4 is 11.6 Å². The number of anilines is 1. The molecule has 0 radical (unpaired) electrons. The maximum Gasteiger partial charge on any atom is 0.240 e. The molecule has 0 aliphatic carbocycles. The monoisotopic (exact) mass is 340 g/mol. The van der Waals surface area contributed by atoms with Gasteiger partial charge in [-0.05, 0) is 44.9 Å². The highest BCUT2D eigenvalue weighted by atomic mass is 16.2.